The lowest BCUT2D eigenvalue weighted by Crippen LogP contribution is -2.50. The smallest absolute Gasteiger partial charge is 0.269 e. The van der Waals surface area contributed by atoms with Crippen molar-refractivity contribution < 1.29 is 9.59 Å². The molecular weight excluding hydrogens is 312 g/mol. The molecule has 1 aromatic rings. The lowest BCUT2D eigenvalue weighted by Gasteiger charge is -2.56. The van der Waals surface area contributed by atoms with Crippen molar-refractivity contribution in [3.63, 3.8) is 0 Å². The molecule has 0 spiro atoms. The second kappa shape index (κ2) is 6.15. The van der Waals surface area contributed by atoms with Gasteiger partial charge in [-0.1, -0.05) is 17.7 Å². The minimum absolute atomic E-state index is 0.0416. The van der Waals surface area contributed by atoms with Crippen LogP contribution in [0.5, 0.6) is 0 Å². The maximum atomic E-state index is 12.5. The number of hydrazine groups is 1. The van der Waals surface area contributed by atoms with Crippen LogP contribution >= 0.6 is 0 Å². The number of aryl methyl sites for hydroxylation is 2. The molecule has 25 heavy (non-hydrogen) atoms. The largest absolute Gasteiger partial charge is 0.273 e. The molecule has 2 N–H and O–H groups in total. The molecule has 0 aliphatic heterocycles. The monoisotopic (exact) mass is 340 g/mol. The van der Waals surface area contributed by atoms with Crippen LogP contribution in [-0.2, 0) is 4.79 Å². The maximum absolute atomic E-state index is 12.5. The number of nitrogens with one attached hydrogen (secondary N) is 2. The van der Waals surface area contributed by atoms with E-state index < -0.39 is 0 Å². The van der Waals surface area contributed by atoms with Gasteiger partial charge in [-0.3, -0.25) is 20.4 Å². The number of benzene rings is 1. The fourth-order valence-electron chi connectivity index (χ4n) is 6.15. The molecule has 4 nitrogen and oxygen atoms in total. The third-order valence-corrected chi connectivity index (χ3v) is 6.64. The minimum Gasteiger partial charge on any atom is -0.273 e. The highest BCUT2D eigenvalue weighted by molar-refractivity contribution is 5.96. The Labute approximate surface area is 149 Å². The second-order valence-corrected chi connectivity index (χ2v) is 8.92. The summed E-state index contributed by atoms with van der Waals surface area (Å²) in [6.45, 7) is 3.92. The molecule has 0 unspecified atom stereocenters. The van der Waals surface area contributed by atoms with E-state index in [1.165, 1.54) is 38.5 Å². The van der Waals surface area contributed by atoms with Gasteiger partial charge in [0, 0.05) is 12.0 Å². The Morgan fingerprint density at radius 3 is 2.16 bits per heavy atom. The highest BCUT2D eigenvalue weighted by Crippen LogP contribution is 2.61. The van der Waals surface area contributed by atoms with E-state index in [1.54, 1.807) is 0 Å². The first kappa shape index (κ1) is 16.6. The van der Waals surface area contributed by atoms with Crippen molar-refractivity contribution >= 4 is 11.8 Å². The van der Waals surface area contributed by atoms with Gasteiger partial charge in [-0.15, -0.1) is 0 Å². The molecule has 0 aromatic heterocycles. The molecule has 4 saturated carbocycles. The number of carbonyl (C=O) groups excluding carboxylic acids is 2. The van der Waals surface area contributed by atoms with E-state index in [9.17, 15) is 9.59 Å². The van der Waals surface area contributed by atoms with Crippen LogP contribution in [0.4, 0.5) is 0 Å². The average Bonchev–Trinajstić information content (AvgIpc) is 2.50. The molecule has 0 heterocycles. The van der Waals surface area contributed by atoms with Crippen LogP contribution in [0.15, 0.2) is 18.2 Å². The predicted octanol–water partition coefficient (Wildman–Crippen LogP) is 3.67. The van der Waals surface area contributed by atoms with Crippen molar-refractivity contribution in [1.29, 1.82) is 0 Å². The molecule has 2 amide bonds. The first-order valence-electron chi connectivity index (χ1n) is 9.59. The van der Waals surface area contributed by atoms with Crippen molar-refractivity contribution in [3.05, 3.63) is 34.9 Å². The normalized spacial score (nSPS) is 32.5. The molecule has 0 atom stereocenters. The summed E-state index contributed by atoms with van der Waals surface area (Å²) in [6, 6.07) is 5.70. The Bertz CT molecular complexity index is 675. The third kappa shape index (κ3) is 3.31. The Balaban J connectivity index is 1.34. The van der Waals surface area contributed by atoms with Crippen molar-refractivity contribution in [2.24, 2.45) is 23.2 Å². The Hall–Kier alpha value is -1.84. The van der Waals surface area contributed by atoms with Gasteiger partial charge >= 0.3 is 0 Å². The van der Waals surface area contributed by atoms with Crippen LogP contribution in [0, 0.1) is 37.0 Å². The Morgan fingerprint density at radius 2 is 1.60 bits per heavy atom. The van der Waals surface area contributed by atoms with Crippen LogP contribution in [0.25, 0.3) is 0 Å². The lowest BCUT2D eigenvalue weighted by atomic mass is 9.49. The number of carbonyl (C=O) groups is 2. The van der Waals surface area contributed by atoms with E-state index in [0.717, 1.165) is 28.9 Å². The van der Waals surface area contributed by atoms with Gasteiger partial charge in [0.1, 0.15) is 0 Å². The van der Waals surface area contributed by atoms with Crippen LogP contribution in [0.1, 0.15) is 66.4 Å². The van der Waals surface area contributed by atoms with Crippen molar-refractivity contribution in [2.45, 2.75) is 58.8 Å². The Morgan fingerprint density at radius 1 is 1.00 bits per heavy atom. The van der Waals surface area contributed by atoms with Gasteiger partial charge in [-0.2, -0.15) is 0 Å². The quantitative estimate of drug-likeness (QED) is 0.825. The number of amides is 2. The third-order valence-electron chi connectivity index (χ3n) is 6.64. The molecule has 0 radical (unpaired) electrons. The van der Waals surface area contributed by atoms with Gasteiger partial charge in [-0.05, 0) is 87.2 Å². The van der Waals surface area contributed by atoms with Crippen LogP contribution in [0.3, 0.4) is 0 Å². The van der Waals surface area contributed by atoms with Crippen LogP contribution in [0.2, 0.25) is 0 Å². The summed E-state index contributed by atoms with van der Waals surface area (Å²) < 4.78 is 0. The zero-order valence-electron chi connectivity index (χ0n) is 15.2. The zero-order valence-corrected chi connectivity index (χ0v) is 15.2. The maximum Gasteiger partial charge on any atom is 0.269 e. The van der Waals surface area contributed by atoms with Gasteiger partial charge in [0.2, 0.25) is 5.91 Å². The van der Waals surface area contributed by atoms with E-state index in [0.29, 0.717) is 12.0 Å². The molecule has 1 aromatic carbocycles. The molecule has 4 heteroatoms. The molecule has 5 rings (SSSR count). The van der Waals surface area contributed by atoms with E-state index in [2.05, 4.69) is 10.9 Å². The summed E-state index contributed by atoms with van der Waals surface area (Å²) in [5.41, 5.74) is 8.12. The van der Waals surface area contributed by atoms with E-state index in [4.69, 9.17) is 0 Å². The summed E-state index contributed by atoms with van der Waals surface area (Å²) in [6.07, 6.45) is 8.31. The van der Waals surface area contributed by atoms with Crippen molar-refractivity contribution in [2.75, 3.05) is 0 Å². The number of hydrogen-bond donors (Lipinski definition) is 2. The van der Waals surface area contributed by atoms with Gasteiger partial charge in [-0.25, -0.2) is 0 Å². The standard InChI is InChI=1S/C21H28N2O2/c1-13-3-4-18(14(2)5-13)20(25)23-22-19(24)12-21-9-15-6-16(10-21)8-17(7-15)11-21/h3-5,15-17H,6-12H2,1-2H3,(H,22,24)(H,23,25). The topological polar surface area (TPSA) is 58.2 Å². The molecule has 4 fully saturated rings. The first-order valence-corrected chi connectivity index (χ1v) is 9.59. The van der Waals surface area contributed by atoms with Crippen molar-refractivity contribution in [1.82, 2.24) is 10.9 Å². The summed E-state index contributed by atoms with van der Waals surface area (Å²) in [7, 11) is 0. The van der Waals surface area contributed by atoms with E-state index >= 15 is 0 Å². The highest BCUT2D eigenvalue weighted by atomic mass is 16.2. The van der Waals surface area contributed by atoms with Crippen LogP contribution < -0.4 is 10.9 Å². The van der Waals surface area contributed by atoms with Crippen molar-refractivity contribution in [3.8, 4) is 0 Å². The predicted molar refractivity (Wildman–Crippen MR) is 96.7 cm³/mol. The second-order valence-electron chi connectivity index (χ2n) is 8.92. The minimum atomic E-state index is -0.239. The average molecular weight is 340 g/mol. The van der Waals surface area contributed by atoms with Gasteiger partial charge in [0.05, 0.1) is 0 Å². The molecule has 0 saturated heterocycles. The summed E-state index contributed by atoms with van der Waals surface area (Å²) in [5.74, 6) is 2.23. The summed E-state index contributed by atoms with van der Waals surface area (Å²) >= 11 is 0. The fraction of sp³-hybridized carbons (Fsp3) is 0.619. The van der Waals surface area contributed by atoms with Gasteiger partial charge < -0.3 is 0 Å². The zero-order chi connectivity index (χ0) is 17.6. The van der Waals surface area contributed by atoms with E-state index in [1.807, 2.05) is 32.0 Å². The molecule has 4 bridgehead atoms. The number of hydrogen-bond acceptors (Lipinski definition) is 2. The molecule has 4 aliphatic rings. The van der Waals surface area contributed by atoms with E-state index in [-0.39, 0.29) is 17.2 Å². The highest BCUT2D eigenvalue weighted by Gasteiger charge is 2.51. The van der Waals surface area contributed by atoms with Gasteiger partial charge in [0.15, 0.2) is 0 Å². The number of rotatable bonds is 3. The first-order chi connectivity index (χ1) is 11.9. The van der Waals surface area contributed by atoms with Crippen LogP contribution in [-0.4, -0.2) is 11.8 Å². The Kier molecular flexibility index (Phi) is 4.09. The molecule has 4 aliphatic carbocycles. The lowest BCUT2D eigenvalue weighted by molar-refractivity contribution is -0.130. The summed E-state index contributed by atoms with van der Waals surface area (Å²) in [4.78, 5) is 24.8. The molecular formula is C21H28N2O2. The summed E-state index contributed by atoms with van der Waals surface area (Å²) in [5, 5.41) is 0. The molecule has 134 valence electrons. The van der Waals surface area contributed by atoms with Gasteiger partial charge in [0.25, 0.3) is 5.91 Å². The SMILES string of the molecule is Cc1ccc(C(=O)NNC(=O)CC23CC4CC(CC(C4)C2)C3)c(C)c1. The fourth-order valence-corrected chi connectivity index (χ4v) is 6.15.